The van der Waals surface area contributed by atoms with E-state index in [1.165, 1.54) is 18.2 Å². The normalized spacial score (nSPS) is 10.2. The molecule has 1 rings (SSSR count). The molecule has 0 amide bonds. The van der Waals surface area contributed by atoms with Crippen LogP contribution in [0.5, 0.6) is 0 Å². The Morgan fingerprint density at radius 3 is 2.62 bits per heavy atom. The summed E-state index contributed by atoms with van der Waals surface area (Å²) in [5.41, 5.74) is 0.181. The van der Waals surface area contributed by atoms with Crippen molar-refractivity contribution < 1.29 is 18.7 Å². The van der Waals surface area contributed by atoms with E-state index in [1.807, 2.05) is 0 Å². The Labute approximate surface area is 93.2 Å². The van der Waals surface area contributed by atoms with Gasteiger partial charge in [-0.3, -0.25) is 9.59 Å². The third-order valence-corrected chi connectivity index (χ3v) is 1.82. The molecule has 0 aliphatic rings. The van der Waals surface area contributed by atoms with Crippen molar-refractivity contribution in [3.63, 3.8) is 0 Å². The van der Waals surface area contributed by atoms with Crippen LogP contribution >= 0.6 is 0 Å². The summed E-state index contributed by atoms with van der Waals surface area (Å²) in [7, 11) is 0. The summed E-state index contributed by atoms with van der Waals surface area (Å²) in [6, 6.07) is 5.23. The molecular formula is C12H13FO3. The fraction of sp³-hybridized carbons (Fsp3) is 0.333. The predicted octanol–water partition coefficient (Wildman–Crippen LogP) is 2.35. The minimum absolute atomic E-state index is 0.181. The highest BCUT2D eigenvalue weighted by molar-refractivity contribution is 6.05. The van der Waals surface area contributed by atoms with Gasteiger partial charge in [-0.25, -0.2) is 4.39 Å². The van der Waals surface area contributed by atoms with Gasteiger partial charge in [-0.1, -0.05) is 12.1 Å². The summed E-state index contributed by atoms with van der Waals surface area (Å²) < 4.78 is 17.6. The average molecular weight is 224 g/mol. The van der Waals surface area contributed by atoms with Gasteiger partial charge in [-0.2, -0.15) is 0 Å². The molecule has 0 aliphatic heterocycles. The minimum atomic E-state index is -0.593. The van der Waals surface area contributed by atoms with Gasteiger partial charge in [-0.15, -0.1) is 0 Å². The maximum absolute atomic E-state index is 12.8. The summed E-state index contributed by atoms with van der Waals surface area (Å²) >= 11 is 0. The van der Waals surface area contributed by atoms with Crippen molar-refractivity contribution in [1.82, 2.24) is 0 Å². The second-order valence-corrected chi connectivity index (χ2v) is 3.65. The minimum Gasteiger partial charge on any atom is -0.463 e. The molecule has 0 atom stereocenters. The topological polar surface area (TPSA) is 43.4 Å². The molecule has 1 aromatic rings. The van der Waals surface area contributed by atoms with Gasteiger partial charge in [0, 0.05) is 5.56 Å². The number of esters is 1. The van der Waals surface area contributed by atoms with Crippen LogP contribution in [0.3, 0.4) is 0 Å². The van der Waals surface area contributed by atoms with Crippen molar-refractivity contribution in [3.05, 3.63) is 35.6 Å². The SMILES string of the molecule is CC(C)OC(=O)CC(=O)c1cccc(F)c1. The first-order valence-electron chi connectivity index (χ1n) is 4.97. The maximum atomic E-state index is 12.8. The van der Waals surface area contributed by atoms with E-state index in [4.69, 9.17) is 4.74 Å². The molecule has 0 bridgehead atoms. The zero-order valence-corrected chi connectivity index (χ0v) is 9.20. The highest BCUT2D eigenvalue weighted by Gasteiger charge is 2.14. The van der Waals surface area contributed by atoms with E-state index < -0.39 is 17.6 Å². The van der Waals surface area contributed by atoms with Gasteiger partial charge in [0.15, 0.2) is 5.78 Å². The molecule has 86 valence electrons. The van der Waals surface area contributed by atoms with E-state index >= 15 is 0 Å². The van der Waals surface area contributed by atoms with Gasteiger partial charge in [0.25, 0.3) is 0 Å². The number of rotatable bonds is 4. The molecule has 0 radical (unpaired) electrons. The van der Waals surface area contributed by atoms with E-state index in [0.717, 1.165) is 6.07 Å². The third kappa shape index (κ3) is 3.81. The highest BCUT2D eigenvalue weighted by Crippen LogP contribution is 2.07. The van der Waals surface area contributed by atoms with Crippen molar-refractivity contribution >= 4 is 11.8 Å². The predicted molar refractivity (Wildman–Crippen MR) is 56.6 cm³/mol. The lowest BCUT2D eigenvalue weighted by Crippen LogP contribution is -2.15. The maximum Gasteiger partial charge on any atom is 0.313 e. The molecular weight excluding hydrogens is 211 g/mol. The molecule has 0 spiro atoms. The molecule has 1 aromatic carbocycles. The van der Waals surface area contributed by atoms with Crippen LogP contribution in [0.25, 0.3) is 0 Å². The second kappa shape index (κ2) is 5.39. The second-order valence-electron chi connectivity index (χ2n) is 3.65. The van der Waals surface area contributed by atoms with Crippen LogP contribution < -0.4 is 0 Å². The number of Topliss-reactive ketones (excluding diaryl/α,β-unsaturated/α-hetero) is 1. The first-order chi connectivity index (χ1) is 7.49. The Morgan fingerprint density at radius 1 is 1.38 bits per heavy atom. The Balaban J connectivity index is 2.62. The van der Waals surface area contributed by atoms with Gasteiger partial charge < -0.3 is 4.74 Å². The van der Waals surface area contributed by atoms with Crippen LogP contribution in [-0.4, -0.2) is 17.9 Å². The van der Waals surface area contributed by atoms with Crippen LogP contribution in [0.15, 0.2) is 24.3 Å². The largest absolute Gasteiger partial charge is 0.463 e. The Kier molecular flexibility index (Phi) is 4.17. The summed E-state index contributed by atoms with van der Waals surface area (Å²) in [5, 5.41) is 0. The van der Waals surface area contributed by atoms with Crippen LogP contribution in [0.2, 0.25) is 0 Å². The Hall–Kier alpha value is -1.71. The summed E-state index contributed by atoms with van der Waals surface area (Å²) in [4.78, 5) is 22.7. The monoisotopic (exact) mass is 224 g/mol. The molecule has 16 heavy (non-hydrogen) atoms. The lowest BCUT2D eigenvalue weighted by molar-refractivity contribution is -0.146. The molecule has 0 fully saturated rings. The first kappa shape index (κ1) is 12.4. The van der Waals surface area contributed by atoms with Crippen LogP contribution in [0.1, 0.15) is 30.6 Å². The Morgan fingerprint density at radius 2 is 2.06 bits per heavy atom. The van der Waals surface area contributed by atoms with E-state index in [9.17, 15) is 14.0 Å². The average Bonchev–Trinajstić information content (AvgIpc) is 2.16. The van der Waals surface area contributed by atoms with E-state index in [-0.39, 0.29) is 18.1 Å². The third-order valence-electron chi connectivity index (χ3n) is 1.82. The van der Waals surface area contributed by atoms with Crippen molar-refractivity contribution in [2.24, 2.45) is 0 Å². The summed E-state index contributed by atoms with van der Waals surface area (Å²) in [6.07, 6.45) is -0.616. The standard InChI is InChI=1S/C12H13FO3/c1-8(2)16-12(15)7-11(14)9-4-3-5-10(13)6-9/h3-6,8H,7H2,1-2H3. The van der Waals surface area contributed by atoms with Crippen molar-refractivity contribution in [1.29, 1.82) is 0 Å². The number of hydrogen-bond acceptors (Lipinski definition) is 3. The number of hydrogen-bond donors (Lipinski definition) is 0. The van der Waals surface area contributed by atoms with E-state index in [1.54, 1.807) is 13.8 Å². The molecule has 0 aliphatic carbocycles. The van der Waals surface area contributed by atoms with Crippen molar-refractivity contribution in [2.45, 2.75) is 26.4 Å². The van der Waals surface area contributed by atoms with Gasteiger partial charge in [0.1, 0.15) is 12.2 Å². The van der Waals surface area contributed by atoms with Gasteiger partial charge in [0.05, 0.1) is 6.10 Å². The molecule has 0 unspecified atom stereocenters. The molecule has 0 N–H and O–H groups in total. The number of benzene rings is 1. The van der Waals surface area contributed by atoms with E-state index in [0.29, 0.717) is 0 Å². The Bertz CT molecular complexity index is 399. The lowest BCUT2D eigenvalue weighted by atomic mass is 10.1. The van der Waals surface area contributed by atoms with Crippen LogP contribution in [0.4, 0.5) is 4.39 Å². The van der Waals surface area contributed by atoms with E-state index in [2.05, 4.69) is 0 Å². The van der Waals surface area contributed by atoms with Crippen LogP contribution in [0, 0.1) is 5.82 Å². The van der Waals surface area contributed by atoms with Crippen molar-refractivity contribution in [3.8, 4) is 0 Å². The molecule has 0 saturated carbocycles. The molecule has 0 aromatic heterocycles. The fourth-order valence-electron chi connectivity index (χ4n) is 1.20. The van der Waals surface area contributed by atoms with Gasteiger partial charge in [-0.05, 0) is 26.0 Å². The number of carbonyl (C=O) groups excluding carboxylic acids is 2. The van der Waals surface area contributed by atoms with Gasteiger partial charge >= 0.3 is 5.97 Å². The zero-order chi connectivity index (χ0) is 12.1. The fourth-order valence-corrected chi connectivity index (χ4v) is 1.20. The number of carbonyl (C=O) groups is 2. The lowest BCUT2D eigenvalue weighted by Gasteiger charge is -2.07. The molecule has 3 nitrogen and oxygen atoms in total. The summed E-state index contributed by atoms with van der Waals surface area (Å²) in [5.74, 6) is -1.53. The number of halogens is 1. The number of ketones is 1. The first-order valence-corrected chi connectivity index (χ1v) is 4.97. The molecule has 0 saturated heterocycles. The number of ether oxygens (including phenoxy) is 1. The highest BCUT2D eigenvalue weighted by atomic mass is 19.1. The molecule has 0 heterocycles. The summed E-state index contributed by atoms with van der Waals surface area (Å²) in [6.45, 7) is 3.40. The molecule has 4 heteroatoms. The smallest absolute Gasteiger partial charge is 0.313 e. The van der Waals surface area contributed by atoms with Gasteiger partial charge in [0.2, 0.25) is 0 Å². The van der Waals surface area contributed by atoms with Crippen LogP contribution in [-0.2, 0) is 9.53 Å². The van der Waals surface area contributed by atoms with Crippen molar-refractivity contribution in [2.75, 3.05) is 0 Å². The zero-order valence-electron chi connectivity index (χ0n) is 9.20. The quantitative estimate of drug-likeness (QED) is 0.448.